The SMILES string of the molecule is COc1nc(-c2cccc(-c3cccc(-c4cc5c(=O)n(C)c(CNC6CC7(CCC(=O)N7)C6)nn5c4)c3Cl)c2Cl)ccc1CN(C[C@@H]1CCC(=O)N1)C(=O)OC(C)(C)C. The van der Waals surface area contributed by atoms with Crippen LogP contribution in [-0.4, -0.2) is 78.9 Å². The van der Waals surface area contributed by atoms with Gasteiger partial charge in [-0.2, -0.15) is 5.10 Å². The number of pyridine rings is 1. The maximum Gasteiger partial charge on any atom is 0.410 e. The topological polar surface area (TPSA) is 161 Å². The van der Waals surface area contributed by atoms with Gasteiger partial charge in [-0.25, -0.2) is 14.3 Å². The molecule has 0 unspecified atom stereocenters. The predicted octanol–water partition coefficient (Wildman–Crippen LogP) is 6.66. The van der Waals surface area contributed by atoms with E-state index in [0.717, 1.165) is 24.8 Å². The number of halogens is 2. The Labute approximate surface area is 357 Å². The number of nitrogens with zero attached hydrogens (tertiary/aromatic N) is 5. The molecule has 3 aromatic heterocycles. The molecule has 2 saturated heterocycles. The fraction of sp³-hybridized carbons (Fsp3) is 0.409. The molecule has 0 bridgehead atoms. The number of hydrogen-bond acceptors (Lipinski definition) is 9. The molecule has 8 rings (SSSR count). The molecule has 5 heterocycles. The summed E-state index contributed by atoms with van der Waals surface area (Å²) in [6.07, 6.45) is 5.51. The third-order valence-electron chi connectivity index (χ3n) is 11.5. The highest BCUT2D eigenvalue weighted by Crippen LogP contribution is 2.43. The number of benzene rings is 2. The summed E-state index contributed by atoms with van der Waals surface area (Å²) >= 11 is 14.4. The zero-order chi connectivity index (χ0) is 42.5. The fourth-order valence-electron chi connectivity index (χ4n) is 8.45. The second kappa shape index (κ2) is 16.2. The first-order valence-electron chi connectivity index (χ1n) is 20.1. The lowest BCUT2D eigenvalue weighted by Gasteiger charge is -2.45. The monoisotopic (exact) mass is 854 g/mol. The molecule has 5 aromatic rings. The largest absolute Gasteiger partial charge is 0.481 e. The second-order valence-corrected chi connectivity index (χ2v) is 17.8. The van der Waals surface area contributed by atoms with Crippen LogP contribution in [0.15, 0.2) is 65.6 Å². The van der Waals surface area contributed by atoms with E-state index in [1.807, 2.05) is 69.3 Å². The molecule has 3 aliphatic rings. The van der Waals surface area contributed by atoms with Gasteiger partial charge in [0.2, 0.25) is 17.7 Å². The molecule has 14 nitrogen and oxygen atoms in total. The molecular formula is C44H48Cl2N8O6. The van der Waals surface area contributed by atoms with Gasteiger partial charge in [0.25, 0.3) is 5.56 Å². The number of methoxy groups -OCH3 is 1. The fourth-order valence-corrected chi connectivity index (χ4v) is 9.11. The molecule has 60 heavy (non-hydrogen) atoms. The van der Waals surface area contributed by atoms with E-state index in [9.17, 15) is 19.2 Å². The van der Waals surface area contributed by atoms with Crippen LogP contribution < -0.4 is 26.2 Å². The molecule has 3 N–H and O–H groups in total. The van der Waals surface area contributed by atoms with E-state index in [0.29, 0.717) is 86.6 Å². The molecule has 3 fully saturated rings. The average Bonchev–Trinajstić information content (AvgIpc) is 3.93. The van der Waals surface area contributed by atoms with Gasteiger partial charge in [-0.05, 0) is 64.7 Å². The number of carbonyl (C=O) groups excluding carboxylic acids is 3. The first-order chi connectivity index (χ1) is 28.6. The van der Waals surface area contributed by atoms with Crippen LogP contribution in [0.2, 0.25) is 10.0 Å². The molecule has 3 amide bonds. The lowest BCUT2D eigenvalue weighted by molar-refractivity contribution is -0.120. The number of nitrogens with one attached hydrogen (secondary N) is 3. The summed E-state index contributed by atoms with van der Waals surface area (Å²) in [6.45, 7) is 6.25. The Morgan fingerprint density at radius 2 is 1.68 bits per heavy atom. The van der Waals surface area contributed by atoms with Crippen LogP contribution in [0.25, 0.3) is 39.0 Å². The van der Waals surface area contributed by atoms with E-state index in [2.05, 4.69) is 16.0 Å². The van der Waals surface area contributed by atoms with Crippen LogP contribution in [-0.2, 0) is 34.5 Å². The van der Waals surface area contributed by atoms with Crippen LogP contribution >= 0.6 is 23.2 Å². The molecule has 1 aliphatic carbocycles. The van der Waals surface area contributed by atoms with Crippen molar-refractivity contribution in [2.45, 2.75) is 95.6 Å². The summed E-state index contributed by atoms with van der Waals surface area (Å²) in [7, 11) is 3.24. The standard InChI is InChI=1S/C44H48Cl2N8O6/c1-43(2,3)60-42(58)53(24-27-13-15-36(55)48-27)22-25-12-14-33(49-40(25)59-5)32-11-7-10-31(39(32)46)30-9-6-8-29(38(30)45)26-18-34-41(57)52(4)35(51-54(34)23-26)21-47-28-19-44(20-28)17-16-37(56)50-44/h6-12,14,18,23,27-28,47H,13,15-17,19-22,24H2,1-5H3,(H,48,55)(H,50,56)/t27-,28?,44?/m0/s1. The van der Waals surface area contributed by atoms with E-state index < -0.39 is 11.7 Å². The zero-order valence-electron chi connectivity index (χ0n) is 34.2. The molecule has 314 valence electrons. The highest BCUT2D eigenvalue weighted by atomic mass is 35.5. The van der Waals surface area contributed by atoms with Crippen molar-refractivity contribution in [1.29, 1.82) is 0 Å². The highest BCUT2D eigenvalue weighted by Gasteiger charge is 2.48. The van der Waals surface area contributed by atoms with Gasteiger partial charge < -0.3 is 30.3 Å². The van der Waals surface area contributed by atoms with E-state index in [-0.39, 0.29) is 48.1 Å². The van der Waals surface area contributed by atoms with Gasteiger partial charge >= 0.3 is 6.09 Å². The Bertz CT molecular complexity index is 2580. The Morgan fingerprint density at radius 1 is 0.983 bits per heavy atom. The molecule has 1 saturated carbocycles. The van der Waals surface area contributed by atoms with Crippen molar-refractivity contribution >= 4 is 46.6 Å². The zero-order valence-corrected chi connectivity index (χ0v) is 35.7. The number of ether oxygens (including phenoxy) is 2. The summed E-state index contributed by atoms with van der Waals surface area (Å²) in [5.74, 6) is 0.979. The lowest BCUT2D eigenvalue weighted by atomic mass is 9.72. The number of aromatic nitrogens is 4. The van der Waals surface area contributed by atoms with Crippen molar-refractivity contribution < 1.29 is 23.9 Å². The lowest BCUT2D eigenvalue weighted by Crippen LogP contribution is -2.59. The molecule has 16 heteroatoms. The van der Waals surface area contributed by atoms with E-state index >= 15 is 0 Å². The van der Waals surface area contributed by atoms with Crippen molar-refractivity contribution in [1.82, 2.24) is 40.0 Å². The van der Waals surface area contributed by atoms with Gasteiger partial charge in [0.05, 0.1) is 35.9 Å². The first-order valence-corrected chi connectivity index (χ1v) is 20.9. The summed E-state index contributed by atoms with van der Waals surface area (Å²) in [4.78, 5) is 57.0. The molecular weight excluding hydrogens is 807 g/mol. The third kappa shape index (κ3) is 8.32. The highest BCUT2D eigenvalue weighted by molar-refractivity contribution is 6.39. The van der Waals surface area contributed by atoms with Gasteiger partial charge in [-0.1, -0.05) is 59.6 Å². The molecule has 2 aliphatic heterocycles. The van der Waals surface area contributed by atoms with E-state index in [4.69, 9.17) is 42.8 Å². The Kier molecular flexibility index (Phi) is 11.2. The average molecular weight is 856 g/mol. The van der Waals surface area contributed by atoms with Crippen molar-refractivity contribution in [2.75, 3.05) is 13.7 Å². The quantitative estimate of drug-likeness (QED) is 0.132. The minimum atomic E-state index is -0.711. The van der Waals surface area contributed by atoms with E-state index in [1.165, 1.54) is 7.11 Å². The van der Waals surface area contributed by atoms with Crippen molar-refractivity contribution in [3.05, 3.63) is 92.6 Å². The molecule has 2 aromatic carbocycles. The van der Waals surface area contributed by atoms with Crippen LogP contribution in [0.4, 0.5) is 4.79 Å². The van der Waals surface area contributed by atoms with Crippen LogP contribution in [0.3, 0.4) is 0 Å². The van der Waals surface area contributed by atoms with Gasteiger partial charge in [0.15, 0.2) is 0 Å². The Hall–Kier alpha value is -5.44. The predicted molar refractivity (Wildman–Crippen MR) is 229 cm³/mol. The Balaban J connectivity index is 1.03. The summed E-state index contributed by atoms with van der Waals surface area (Å²) in [5, 5.41) is 15.2. The smallest absolute Gasteiger partial charge is 0.410 e. The first kappa shape index (κ1) is 41.3. The van der Waals surface area contributed by atoms with Crippen LogP contribution in [0.5, 0.6) is 5.88 Å². The number of rotatable bonds is 11. The number of carbonyl (C=O) groups is 3. The van der Waals surface area contributed by atoms with Crippen molar-refractivity contribution in [3.63, 3.8) is 0 Å². The van der Waals surface area contributed by atoms with Crippen molar-refractivity contribution in [3.8, 4) is 39.4 Å². The van der Waals surface area contributed by atoms with Gasteiger partial charge in [-0.3, -0.25) is 19.0 Å². The van der Waals surface area contributed by atoms with Crippen molar-refractivity contribution in [2.24, 2.45) is 7.05 Å². The minimum absolute atomic E-state index is 0.0402. The summed E-state index contributed by atoms with van der Waals surface area (Å²) in [5.41, 5.74) is 4.08. The summed E-state index contributed by atoms with van der Waals surface area (Å²) in [6, 6.07) is 16.8. The maximum absolute atomic E-state index is 13.6. The van der Waals surface area contributed by atoms with E-state index in [1.54, 1.807) is 33.3 Å². The Morgan fingerprint density at radius 3 is 2.33 bits per heavy atom. The second-order valence-electron chi connectivity index (χ2n) is 17.0. The minimum Gasteiger partial charge on any atom is -0.481 e. The number of amides is 3. The van der Waals surface area contributed by atoms with Gasteiger partial charge in [0.1, 0.15) is 16.9 Å². The van der Waals surface area contributed by atoms with Gasteiger partial charge in [0, 0.05) is 83.6 Å². The van der Waals surface area contributed by atoms with Crippen LogP contribution in [0, 0.1) is 0 Å². The molecule has 0 radical (unpaired) electrons. The molecule has 1 spiro atoms. The number of fused-ring (bicyclic) bond motifs is 1. The number of hydrogen-bond donors (Lipinski definition) is 3. The molecule has 1 atom stereocenters. The summed E-state index contributed by atoms with van der Waals surface area (Å²) < 4.78 is 14.6. The van der Waals surface area contributed by atoms with Crippen LogP contribution in [0.1, 0.15) is 70.7 Å². The van der Waals surface area contributed by atoms with Gasteiger partial charge in [-0.15, -0.1) is 0 Å². The normalized spacial score (nSPS) is 20.0. The maximum atomic E-state index is 13.6. The third-order valence-corrected chi connectivity index (χ3v) is 12.4.